The van der Waals surface area contributed by atoms with Gasteiger partial charge in [0.25, 0.3) is 11.6 Å². The van der Waals surface area contributed by atoms with Crippen molar-refractivity contribution in [3.8, 4) is 0 Å². The Kier molecular flexibility index (Phi) is 5.97. The molecule has 0 aromatic heterocycles. The van der Waals surface area contributed by atoms with Gasteiger partial charge < -0.3 is 5.32 Å². The predicted molar refractivity (Wildman–Crippen MR) is 104 cm³/mol. The average molecular weight is 424 g/mol. The zero-order valence-electron chi connectivity index (χ0n) is 14.8. The SMILES string of the molecule is O=C(NCc1ccc(S(=O)(=O)N2CCCC2)cc1)c1ccc(Cl)cc1[N+](=O)[O-]. The van der Waals surface area contributed by atoms with Crippen molar-refractivity contribution in [3.63, 3.8) is 0 Å². The van der Waals surface area contributed by atoms with Crippen LogP contribution in [-0.2, 0) is 16.6 Å². The van der Waals surface area contributed by atoms with Gasteiger partial charge in [0.15, 0.2) is 0 Å². The molecule has 1 amide bonds. The minimum atomic E-state index is -3.49. The monoisotopic (exact) mass is 423 g/mol. The van der Waals surface area contributed by atoms with Crippen molar-refractivity contribution in [3.05, 3.63) is 68.7 Å². The first-order valence-corrected chi connectivity index (χ1v) is 10.4. The summed E-state index contributed by atoms with van der Waals surface area (Å²) < 4.78 is 26.5. The fourth-order valence-corrected chi connectivity index (χ4v) is 4.67. The van der Waals surface area contributed by atoms with Crippen LogP contribution >= 0.6 is 11.6 Å². The summed E-state index contributed by atoms with van der Waals surface area (Å²) in [6.07, 6.45) is 1.72. The Hall–Kier alpha value is -2.49. The molecular formula is C18H18ClN3O5S. The number of carbonyl (C=O) groups excluding carboxylic acids is 1. The van der Waals surface area contributed by atoms with Crippen LogP contribution in [0.4, 0.5) is 5.69 Å². The van der Waals surface area contributed by atoms with Crippen molar-refractivity contribution in [1.29, 1.82) is 0 Å². The number of sulfonamides is 1. The van der Waals surface area contributed by atoms with Gasteiger partial charge in [-0.15, -0.1) is 0 Å². The summed E-state index contributed by atoms with van der Waals surface area (Å²) in [4.78, 5) is 22.9. The molecular weight excluding hydrogens is 406 g/mol. The van der Waals surface area contributed by atoms with E-state index in [1.807, 2.05) is 0 Å². The Morgan fingerprint density at radius 2 is 1.79 bits per heavy atom. The van der Waals surface area contributed by atoms with E-state index < -0.39 is 20.9 Å². The van der Waals surface area contributed by atoms with Gasteiger partial charge >= 0.3 is 0 Å². The third kappa shape index (κ3) is 4.32. The van der Waals surface area contributed by atoms with Crippen LogP contribution < -0.4 is 5.32 Å². The van der Waals surface area contributed by atoms with Gasteiger partial charge in [-0.1, -0.05) is 23.7 Å². The molecule has 0 aliphatic carbocycles. The first-order chi connectivity index (χ1) is 13.3. The third-order valence-electron chi connectivity index (χ3n) is 4.48. The van der Waals surface area contributed by atoms with E-state index in [0.717, 1.165) is 18.9 Å². The fraction of sp³-hybridized carbons (Fsp3) is 0.278. The molecule has 0 unspecified atom stereocenters. The molecule has 1 fully saturated rings. The largest absolute Gasteiger partial charge is 0.348 e. The predicted octanol–water partition coefficient (Wildman–Crippen LogP) is 2.96. The minimum absolute atomic E-state index is 0.0948. The van der Waals surface area contributed by atoms with E-state index in [0.29, 0.717) is 18.7 Å². The lowest BCUT2D eigenvalue weighted by atomic mass is 10.1. The van der Waals surface area contributed by atoms with Gasteiger partial charge in [0.1, 0.15) is 5.56 Å². The molecule has 28 heavy (non-hydrogen) atoms. The second-order valence-electron chi connectivity index (χ2n) is 6.36. The quantitative estimate of drug-likeness (QED) is 0.567. The van der Waals surface area contributed by atoms with Crippen molar-refractivity contribution in [2.24, 2.45) is 0 Å². The number of nitro groups is 1. The summed E-state index contributed by atoms with van der Waals surface area (Å²) in [6, 6.07) is 10.0. The molecule has 1 aliphatic heterocycles. The van der Waals surface area contributed by atoms with Crippen LogP contribution in [0.3, 0.4) is 0 Å². The highest BCUT2D eigenvalue weighted by Gasteiger charge is 2.27. The zero-order valence-corrected chi connectivity index (χ0v) is 16.4. The van der Waals surface area contributed by atoms with Gasteiger partial charge in [-0.25, -0.2) is 8.42 Å². The molecule has 0 bridgehead atoms. The number of hydrogen-bond acceptors (Lipinski definition) is 5. The molecule has 1 heterocycles. The summed E-state index contributed by atoms with van der Waals surface area (Å²) in [5.41, 5.74) is 0.199. The van der Waals surface area contributed by atoms with Crippen LogP contribution in [0, 0.1) is 10.1 Å². The lowest BCUT2D eigenvalue weighted by molar-refractivity contribution is -0.385. The molecule has 1 aliphatic rings. The molecule has 3 rings (SSSR count). The van der Waals surface area contributed by atoms with E-state index in [1.165, 1.54) is 28.6 Å². The summed E-state index contributed by atoms with van der Waals surface area (Å²) in [5.74, 6) is -0.614. The number of nitro benzene ring substituents is 1. The lowest BCUT2D eigenvalue weighted by Gasteiger charge is -2.15. The highest BCUT2D eigenvalue weighted by Crippen LogP contribution is 2.24. The molecule has 1 N–H and O–H groups in total. The van der Waals surface area contributed by atoms with Gasteiger partial charge in [-0.3, -0.25) is 14.9 Å². The lowest BCUT2D eigenvalue weighted by Crippen LogP contribution is -2.28. The molecule has 2 aromatic carbocycles. The maximum atomic E-state index is 12.5. The van der Waals surface area contributed by atoms with Crippen molar-refractivity contribution < 1.29 is 18.1 Å². The number of rotatable bonds is 6. The maximum absolute atomic E-state index is 12.5. The summed E-state index contributed by atoms with van der Waals surface area (Å²) in [6.45, 7) is 1.16. The van der Waals surface area contributed by atoms with Crippen LogP contribution in [0.15, 0.2) is 47.4 Å². The standard InChI is InChI=1S/C18H18ClN3O5S/c19-14-5-8-16(17(11-14)22(24)25)18(23)20-12-13-3-6-15(7-4-13)28(26,27)21-9-1-2-10-21/h3-8,11H,1-2,9-10,12H2,(H,20,23). The second kappa shape index (κ2) is 8.26. The molecule has 148 valence electrons. The molecule has 2 aromatic rings. The number of amides is 1. The molecule has 0 atom stereocenters. The average Bonchev–Trinajstić information content (AvgIpc) is 3.22. The molecule has 10 heteroatoms. The van der Waals surface area contributed by atoms with Crippen LogP contribution in [-0.4, -0.2) is 36.6 Å². The van der Waals surface area contributed by atoms with E-state index in [-0.39, 0.29) is 27.7 Å². The summed E-state index contributed by atoms with van der Waals surface area (Å²) in [5, 5.41) is 13.9. The highest BCUT2D eigenvalue weighted by atomic mass is 35.5. The number of nitrogens with zero attached hydrogens (tertiary/aromatic N) is 2. The van der Waals surface area contributed by atoms with Crippen LogP contribution in [0.2, 0.25) is 5.02 Å². The Morgan fingerprint density at radius 1 is 1.14 bits per heavy atom. The molecule has 0 spiro atoms. The Labute approximate surface area is 167 Å². The van der Waals surface area contributed by atoms with Crippen molar-refractivity contribution in [2.45, 2.75) is 24.3 Å². The highest BCUT2D eigenvalue weighted by molar-refractivity contribution is 7.89. The van der Waals surface area contributed by atoms with Gasteiger partial charge in [0, 0.05) is 30.7 Å². The summed E-state index contributed by atoms with van der Waals surface area (Å²) in [7, 11) is -3.49. The third-order valence-corrected chi connectivity index (χ3v) is 6.63. The van der Waals surface area contributed by atoms with Crippen LogP contribution in [0.1, 0.15) is 28.8 Å². The number of halogens is 1. The van der Waals surface area contributed by atoms with E-state index in [1.54, 1.807) is 12.1 Å². The van der Waals surface area contributed by atoms with Gasteiger partial charge in [-0.05, 0) is 42.7 Å². The fourth-order valence-electron chi connectivity index (χ4n) is 2.98. The Morgan fingerprint density at radius 3 is 2.39 bits per heavy atom. The number of benzene rings is 2. The smallest absolute Gasteiger partial charge is 0.283 e. The van der Waals surface area contributed by atoms with E-state index in [4.69, 9.17) is 11.6 Å². The first-order valence-electron chi connectivity index (χ1n) is 8.60. The van der Waals surface area contributed by atoms with Crippen molar-refractivity contribution >= 4 is 33.2 Å². The normalized spacial score (nSPS) is 14.8. The Bertz CT molecular complexity index is 1000. The van der Waals surface area contributed by atoms with Gasteiger partial charge in [0.05, 0.1) is 9.82 Å². The van der Waals surface area contributed by atoms with E-state index in [2.05, 4.69) is 5.32 Å². The minimum Gasteiger partial charge on any atom is -0.348 e. The van der Waals surface area contributed by atoms with Gasteiger partial charge in [-0.2, -0.15) is 4.31 Å². The first kappa shape index (κ1) is 20.2. The number of hydrogen-bond donors (Lipinski definition) is 1. The molecule has 0 radical (unpaired) electrons. The van der Waals surface area contributed by atoms with Gasteiger partial charge in [0.2, 0.25) is 10.0 Å². The van der Waals surface area contributed by atoms with E-state index >= 15 is 0 Å². The summed E-state index contributed by atoms with van der Waals surface area (Å²) >= 11 is 5.75. The van der Waals surface area contributed by atoms with Crippen molar-refractivity contribution in [2.75, 3.05) is 13.1 Å². The number of nitrogens with one attached hydrogen (secondary N) is 1. The second-order valence-corrected chi connectivity index (χ2v) is 8.73. The molecule has 1 saturated heterocycles. The Balaban J connectivity index is 1.69. The zero-order chi connectivity index (χ0) is 20.3. The molecule has 0 saturated carbocycles. The van der Waals surface area contributed by atoms with E-state index in [9.17, 15) is 23.3 Å². The number of carbonyl (C=O) groups is 1. The van der Waals surface area contributed by atoms with Crippen molar-refractivity contribution in [1.82, 2.24) is 9.62 Å². The van der Waals surface area contributed by atoms with Crippen LogP contribution in [0.25, 0.3) is 0 Å². The topological polar surface area (TPSA) is 110 Å². The molecule has 8 nitrogen and oxygen atoms in total. The maximum Gasteiger partial charge on any atom is 0.283 e. The van der Waals surface area contributed by atoms with Crippen LogP contribution in [0.5, 0.6) is 0 Å².